The summed E-state index contributed by atoms with van der Waals surface area (Å²) in [4.78, 5) is 4.36. The number of aromatic nitrogens is 1. The highest BCUT2D eigenvalue weighted by molar-refractivity contribution is 5.09. The van der Waals surface area contributed by atoms with Crippen molar-refractivity contribution in [2.24, 2.45) is 11.7 Å². The third kappa shape index (κ3) is 2.78. The zero-order valence-corrected chi connectivity index (χ0v) is 9.23. The molecule has 82 valence electrons. The molecule has 0 radical (unpaired) electrons. The van der Waals surface area contributed by atoms with E-state index in [1.807, 2.05) is 18.3 Å². The Balaban J connectivity index is 2.03. The van der Waals surface area contributed by atoms with Crippen molar-refractivity contribution in [2.75, 3.05) is 0 Å². The average molecular weight is 204 g/mol. The minimum absolute atomic E-state index is 0.143. The van der Waals surface area contributed by atoms with Crippen molar-refractivity contribution in [1.82, 2.24) is 4.98 Å². The molecule has 1 aliphatic carbocycles. The minimum atomic E-state index is 0.143. The van der Waals surface area contributed by atoms with E-state index in [1.165, 1.54) is 38.5 Å². The van der Waals surface area contributed by atoms with Crippen molar-refractivity contribution >= 4 is 0 Å². The smallest absolute Gasteiger partial charge is 0.0573 e. The molecule has 1 aromatic heterocycles. The maximum absolute atomic E-state index is 6.28. The van der Waals surface area contributed by atoms with Gasteiger partial charge in [-0.25, -0.2) is 0 Å². The summed E-state index contributed by atoms with van der Waals surface area (Å²) in [7, 11) is 0. The summed E-state index contributed by atoms with van der Waals surface area (Å²) in [5.41, 5.74) is 7.34. The molecule has 0 aromatic carbocycles. The van der Waals surface area contributed by atoms with E-state index in [2.05, 4.69) is 11.1 Å². The van der Waals surface area contributed by atoms with Gasteiger partial charge in [0.1, 0.15) is 0 Å². The monoisotopic (exact) mass is 204 g/mol. The van der Waals surface area contributed by atoms with Crippen LogP contribution in [0.4, 0.5) is 0 Å². The van der Waals surface area contributed by atoms with Crippen molar-refractivity contribution in [3.63, 3.8) is 0 Å². The van der Waals surface area contributed by atoms with E-state index in [-0.39, 0.29) is 6.04 Å². The van der Waals surface area contributed by atoms with E-state index in [0.717, 1.165) is 5.69 Å². The van der Waals surface area contributed by atoms with Crippen LogP contribution in [0.15, 0.2) is 24.4 Å². The zero-order valence-electron chi connectivity index (χ0n) is 9.23. The first-order chi connectivity index (χ1) is 7.38. The molecule has 1 heterocycles. The quantitative estimate of drug-likeness (QED) is 0.752. The number of nitrogens with zero attached hydrogens (tertiary/aromatic N) is 1. The molecule has 0 aliphatic heterocycles. The molecule has 0 saturated heterocycles. The number of nitrogens with two attached hydrogens (primary N) is 1. The lowest BCUT2D eigenvalue weighted by Gasteiger charge is -2.21. The van der Waals surface area contributed by atoms with E-state index in [9.17, 15) is 0 Å². The normalized spacial score (nSPS) is 20.9. The van der Waals surface area contributed by atoms with E-state index in [1.54, 1.807) is 0 Å². The van der Waals surface area contributed by atoms with Gasteiger partial charge in [0.15, 0.2) is 0 Å². The number of hydrogen-bond acceptors (Lipinski definition) is 2. The van der Waals surface area contributed by atoms with E-state index < -0.39 is 0 Å². The Morgan fingerprint density at radius 3 is 2.47 bits per heavy atom. The summed E-state index contributed by atoms with van der Waals surface area (Å²) in [5.74, 6) is 0.641. The molecule has 2 nitrogen and oxygen atoms in total. The van der Waals surface area contributed by atoms with Crippen LogP contribution < -0.4 is 5.73 Å². The molecule has 1 aliphatic rings. The first kappa shape index (κ1) is 10.6. The van der Waals surface area contributed by atoms with Gasteiger partial charge < -0.3 is 5.73 Å². The summed E-state index contributed by atoms with van der Waals surface area (Å²) >= 11 is 0. The van der Waals surface area contributed by atoms with Crippen LogP contribution in [0.25, 0.3) is 0 Å². The third-order valence-corrected chi connectivity index (χ3v) is 3.44. The molecular formula is C13H20N2. The molecule has 1 fully saturated rings. The Morgan fingerprint density at radius 1 is 1.13 bits per heavy atom. The standard InChI is InChI=1S/C13H20N2/c14-13(12-9-5-6-10-15-12)11-7-3-1-2-4-8-11/h5-6,9-11,13H,1-4,7-8,14H2/t13-/m1/s1. The lowest BCUT2D eigenvalue weighted by atomic mass is 9.90. The summed E-state index contributed by atoms with van der Waals surface area (Å²) in [6.07, 6.45) is 9.83. The van der Waals surface area contributed by atoms with Crippen LogP contribution in [0, 0.1) is 5.92 Å². The first-order valence-corrected chi connectivity index (χ1v) is 6.04. The Labute approximate surface area is 91.9 Å². The summed E-state index contributed by atoms with van der Waals surface area (Å²) in [6, 6.07) is 6.17. The zero-order chi connectivity index (χ0) is 10.5. The van der Waals surface area contributed by atoms with Gasteiger partial charge in [0.05, 0.1) is 5.69 Å². The average Bonchev–Trinajstić information content (AvgIpc) is 2.58. The second kappa shape index (κ2) is 5.26. The second-order valence-corrected chi connectivity index (χ2v) is 4.53. The fourth-order valence-electron chi connectivity index (χ4n) is 2.48. The Hall–Kier alpha value is -0.890. The molecule has 0 amide bonds. The molecular weight excluding hydrogens is 184 g/mol. The Bertz CT molecular complexity index is 276. The lowest BCUT2D eigenvalue weighted by molar-refractivity contribution is 0.377. The van der Waals surface area contributed by atoms with Crippen molar-refractivity contribution < 1.29 is 0 Å². The topological polar surface area (TPSA) is 38.9 Å². The molecule has 0 bridgehead atoms. The van der Waals surface area contributed by atoms with Gasteiger partial charge in [0.25, 0.3) is 0 Å². The predicted octanol–water partition coefficient (Wildman–Crippen LogP) is 3.05. The largest absolute Gasteiger partial charge is 0.322 e. The molecule has 1 aromatic rings. The minimum Gasteiger partial charge on any atom is -0.322 e. The van der Waals surface area contributed by atoms with Gasteiger partial charge >= 0.3 is 0 Å². The van der Waals surface area contributed by atoms with Gasteiger partial charge in [-0.05, 0) is 30.9 Å². The number of pyridine rings is 1. The fraction of sp³-hybridized carbons (Fsp3) is 0.615. The highest BCUT2D eigenvalue weighted by atomic mass is 14.8. The summed E-state index contributed by atoms with van der Waals surface area (Å²) in [6.45, 7) is 0. The van der Waals surface area contributed by atoms with Crippen LogP contribution >= 0.6 is 0 Å². The van der Waals surface area contributed by atoms with Gasteiger partial charge in [-0.2, -0.15) is 0 Å². The van der Waals surface area contributed by atoms with Crippen LogP contribution in [-0.2, 0) is 0 Å². The van der Waals surface area contributed by atoms with Crippen molar-refractivity contribution in [1.29, 1.82) is 0 Å². The number of hydrogen-bond donors (Lipinski definition) is 1. The fourth-order valence-corrected chi connectivity index (χ4v) is 2.48. The highest BCUT2D eigenvalue weighted by Crippen LogP contribution is 2.30. The van der Waals surface area contributed by atoms with Crippen molar-refractivity contribution in [2.45, 2.75) is 44.6 Å². The third-order valence-electron chi connectivity index (χ3n) is 3.44. The Morgan fingerprint density at radius 2 is 1.87 bits per heavy atom. The highest BCUT2D eigenvalue weighted by Gasteiger charge is 2.21. The van der Waals surface area contributed by atoms with Gasteiger partial charge in [-0.15, -0.1) is 0 Å². The molecule has 2 heteroatoms. The molecule has 15 heavy (non-hydrogen) atoms. The van der Waals surface area contributed by atoms with Gasteiger partial charge in [-0.1, -0.05) is 31.7 Å². The molecule has 2 rings (SSSR count). The predicted molar refractivity (Wildman–Crippen MR) is 62.4 cm³/mol. The molecule has 0 unspecified atom stereocenters. The van der Waals surface area contributed by atoms with Crippen LogP contribution in [0.1, 0.15) is 50.3 Å². The van der Waals surface area contributed by atoms with Crippen molar-refractivity contribution in [3.8, 4) is 0 Å². The Kier molecular flexibility index (Phi) is 3.73. The molecule has 2 N–H and O–H groups in total. The van der Waals surface area contributed by atoms with Gasteiger partial charge in [-0.3, -0.25) is 4.98 Å². The molecule has 0 spiro atoms. The van der Waals surface area contributed by atoms with Crippen LogP contribution in [0.5, 0.6) is 0 Å². The summed E-state index contributed by atoms with van der Waals surface area (Å²) < 4.78 is 0. The van der Waals surface area contributed by atoms with E-state index >= 15 is 0 Å². The van der Waals surface area contributed by atoms with Crippen LogP contribution in [-0.4, -0.2) is 4.98 Å². The molecule has 1 saturated carbocycles. The summed E-state index contributed by atoms with van der Waals surface area (Å²) in [5, 5.41) is 0. The van der Waals surface area contributed by atoms with Gasteiger partial charge in [0.2, 0.25) is 0 Å². The van der Waals surface area contributed by atoms with Gasteiger partial charge in [0, 0.05) is 12.2 Å². The van der Waals surface area contributed by atoms with Crippen LogP contribution in [0.3, 0.4) is 0 Å². The molecule has 1 atom stereocenters. The lowest BCUT2D eigenvalue weighted by Crippen LogP contribution is -2.22. The second-order valence-electron chi connectivity index (χ2n) is 4.53. The van der Waals surface area contributed by atoms with E-state index in [0.29, 0.717) is 5.92 Å². The van der Waals surface area contributed by atoms with E-state index in [4.69, 9.17) is 5.73 Å². The van der Waals surface area contributed by atoms with Crippen molar-refractivity contribution in [3.05, 3.63) is 30.1 Å². The maximum Gasteiger partial charge on any atom is 0.0573 e. The maximum atomic E-state index is 6.28. The first-order valence-electron chi connectivity index (χ1n) is 6.04. The number of rotatable bonds is 2. The SMILES string of the molecule is N[C@@H](c1ccccn1)C1CCCCCC1. The van der Waals surface area contributed by atoms with Crippen LogP contribution in [0.2, 0.25) is 0 Å².